The van der Waals surface area contributed by atoms with Gasteiger partial charge in [-0.25, -0.2) is 8.42 Å². The van der Waals surface area contributed by atoms with Crippen molar-refractivity contribution in [1.82, 2.24) is 4.31 Å². The topological polar surface area (TPSA) is 105 Å². The van der Waals surface area contributed by atoms with Crippen LogP contribution in [0.1, 0.15) is 47.5 Å². The van der Waals surface area contributed by atoms with Crippen molar-refractivity contribution in [2.45, 2.75) is 52.4 Å². The zero-order chi connectivity index (χ0) is 21.1. The van der Waals surface area contributed by atoms with Crippen molar-refractivity contribution in [2.24, 2.45) is 10.5 Å². The number of hydrazone groups is 1. The summed E-state index contributed by atoms with van der Waals surface area (Å²) in [6, 6.07) is 3.75. The Morgan fingerprint density at radius 3 is 2.43 bits per heavy atom. The summed E-state index contributed by atoms with van der Waals surface area (Å²) >= 11 is 0. The SMILES string of the molecule is CCN(CC)S(=O)(=O)c1cc([N+](=O)[O-])ccc1N/N=C1/C=C(C)CC(C)(C)C1. The van der Waals surface area contributed by atoms with Gasteiger partial charge in [-0.1, -0.05) is 33.3 Å². The number of non-ortho nitro benzene ring substituents is 1. The molecule has 1 aromatic rings. The van der Waals surface area contributed by atoms with Crippen molar-refractivity contribution < 1.29 is 13.3 Å². The van der Waals surface area contributed by atoms with Crippen molar-refractivity contribution >= 4 is 27.1 Å². The van der Waals surface area contributed by atoms with Crippen LogP contribution in [0.2, 0.25) is 0 Å². The molecule has 0 spiro atoms. The number of nitro benzene ring substituents is 1. The molecule has 2 rings (SSSR count). The fourth-order valence-electron chi connectivity index (χ4n) is 3.53. The Labute approximate surface area is 166 Å². The van der Waals surface area contributed by atoms with Crippen LogP contribution in [0, 0.1) is 15.5 Å². The molecule has 0 unspecified atom stereocenters. The van der Waals surface area contributed by atoms with E-state index in [1.807, 2.05) is 13.0 Å². The van der Waals surface area contributed by atoms with Gasteiger partial charge in [0, 0.05) is 25.2 Å². The van der Waals surface area contributed by atoms with Crippen LogP contribution in [0.15, 0.2) is 39.8 Å². The third kappa shape index (κ3) is 4.96. The number of allylic oxidation sites excluding steroid dienone is 2. The second-order valence-electron chi connectivity index (χ2n) is 7.75. The first-order chi connectivity index (χ1) is 13.0. The molecule has 0 bridgehead atoms. The van der Waals surface area contributed by atoms with Gasteiger partial charge in [0.1, 0.15) is 4.90 Å². The number of anilines is 1. The van der Waals surface area contributed by atoms with Crippen LogP contribution in [0.5, 0.6) is 0 Å². The third-order valence-corrected chi connectivity index (χ3v) is 6.74. The van der Waals surface area contributed by atoms with Gasteiger partial charge in [0.25, 0.3) is 5.69 Å². The number of rotatable bonds is 7. The number of nitrogens with one attached hydrogen (secondary N) is 1. The minimum absolute atomic E-state index is 0.0744. The summed E-state index contributed by atoms with van der Waals surface area (Å²) < 4.78 is 27.3. The Balaban J connectivity index is 2.49. The first-order valence-electron chi connectivity index (χ1n) is 9.28. The zero-order valence-corrected chi connectivity index (χ0v) is 17.8. The van der Waals surface area contributed by atoms with Gasteiger partial charge in [0.15, 0.2) is 0 Å². The molecular weight excluding hydrogens is 380 g/mol. The molecule has 0 atom stereocenters. The summed E-state index contributed by atoms with van der Waals surface area (Å²) in [4.78, 5) is 10.4. The summed E-state index contributed by atoms with van der Waals surface area (Å²) in [5.41, 5.74) is 4.87. The van der Waals surface area contributed by atoms with Crippen molar-refractivity contribution in [3.63, 3.8) is 0 Å². The lowest BCUT2D eigenvalue weighted by Crippen LogP contribution is -2.31. The summed E-state index contributed by atoms with van der Waals surface area (Å²) in [6.07, 6.45) is 3.72. The van der Waals surface area contributed by atoms with Crippen LogP contribution in [0.25, 0.3) is 0 Å². The van der Waals surface area contributed by atoms with Crippen LogP contribution >= 0.6 is 0 Å². The highest BCUT2D eigenvalue weighted by Gasteiger charge is 2.28. The molecule has 28 heavy (non-hydrogen) atoms. The number of hydrogen-bond donors (Lipinski definition) is 1. The smallest absolute Gasteiger partial charge is 0.270 e. The second-order valence-corrected chi connectivity index (χ2v) is 9.66. The molecule has 0 saturated carbocycles. The summed E-state index contributed by atoms with van der Waals surface area (Å²) in [5, 5.41) is 15.6. The summed E-state index contributed by atoms with van der Waals surface area (Å²) in [6.45, 7) is 10.3. The molecule has 1 aromatic carbocycles. The van der Waals surface area contributed by atoms with Crippen molar-refractivity contribution in [2.75, 3.05) is 18.5 Å². The molecule has 0 aromatic heterocycles. The molecule has 0 radical (unpaired) electrons. The molecule has 0 heterocycles. The lowest BCUT2D eigenvalue weighted by Gasteiger charge is -2.29. The lowest BCUT2D eigenvalue weighted by molar-refractivity contribution is -0.385. The van der Waals surface area contributed by atoms with Gasteiger partial charge in [-0.3, -0.25) is 15.5 Å². The Kier molecular flexibility index (Phi) is 6.61. The van der Waals surface area contributed by atoms with Crippen LogP contribution in [0.3, 0.4) is 0 Å². The van der Waals surface area contributed by atoms with Crippen LogP contribution in [-0.4, -0.2) is 36.4 Å². The third-order valence-electron chi connectivity index (χ3n) is 4.65. The molecule has 0 saturated heterocycles. The molecule has 1 N–H and O–H groups in total. The summed E-state index contributed by atoms with van der Waals surface area (Å²) in [7, 11) is -3.89. The minimum atomic E-state index is -3.89. The van der Waals surface area contributed by atoms with E-state index in [1.165, 1.54) is 22.0 Å². The van der Waals surface area contributed by atoms with Crippen molar-refractivity contribution in [3.05, 3.63) is 40.0 Å². The molecule has 1 aliphatic rings. The Hall–Kier alpha value is -2.26. The Morgan fingerprint density at radius 1 is 1.25 bits per heavy atom. The van der Waals surface area contributed by atoms with Gasteiger partial charge in [0.05, 0.1) is 16.3 Å². The van der Waals surface area contributed by atoms with Crippen LogP contribution < -0.4 is 5.43 Å². The van der Waals surface area contributed by atoms with E-state index in [0.29, 0.717) is 0 Å². The largest absolute Gasteiger partial charge is 0.277 e. The van der Waals surface area contributed by atoms with Gasteiger partial charge in [-0.05, 0) is 37.3 Å². The number of benzene rings is 1. The summed E-state index contributed by atoms with van der Waals surface area (Å²) in [5.74, 6) is 0. The standard InChI is InChI=1S/C19H28N4O4S/c1-6-22(7-2)28(26,27)18-11-16(23(24)25)8-9-17(18)21-20-15-10-14(3)12-19(4,5)13-15/h8-11,21H,6-7,12-13H2,1-5H3/b20-15-. The predicted octanol–water partition coefficient (Wildman–Crippen LogP) is 4.16. The fourth-order valence-corrected chi connectivity index (χ4v) is 5.15. The highest BCUT2D eigenvalue weighted by Crippen LogP contribution is 2.34. The van der Waals surface area contributed by atoms with Crippen molar-refractivity contribution in [3.8, 4) is 0 Å². The number of sulfonamides is 1. The maximum atomic E-state index is 13.0. The fraction of sp³-hybridized carbons (Fsp3) is 0.526. The number of nitrogens with zero attached hydrogens (tertiary/aromatic N) is 3. The van der Waals surface area contributed by atoms with Gasteiger partial charge in [-0.15, -0.1) is 0 Å². The number of nitro groups is 1. The number of hydrogen-bond acceptors (Lipinski definition) is 6. The minimum Gasteiger partial charge on any atom is -0.277 e. The van der Waals surface area contributed by atoms with E-state index in [0.717, 1.165) is 24.6 Å². The van der Waals surface area contributed by atoms with E-state index >= 15 is 0 Å². The molecule has 8 nitrogen and oxygen atoms in total. The van der Waals surface area contributed by atoms with Crippen molar-refractivity contribution in [1.29, 1.82) is 0 Å². The van der Waals surface area contributed by atoms with Crippen LogP contribution in [0.4, 0.5) is 11.4 Å². The van der Waals surface area contributed by atoms with E-state index in [4.69, 9.17) is 0 Å². The lowest BCUT2D eigenvalue weighted by atomic mass is 9.77. The van der Waals surface area contributed by atoms with Gasteiger partial charge < -0.3 is 0 Å². The molecule has 0 amide bonds. The van der Waals surface area contributed by atoms with E-state index in [9.17, 15) is 18.5 Å². The molecule has 154 valence electrons. The maximum absolute atomic E-state index is 13.0. The quantitative estimate of drug-likeness (QED) is 0.539. The van der Waals surface area contributed by atoms with Crippen LogP contribution in [-0.2, 0) is 10.0 Å². The molecule has 9 heteroatoms. The molecule has 1 aliphatic carbocycles. The highest BCUT2D eigenvalue weighted by molar-refractivity contribution is 7.89. The Bertz CT molecular complexity index is 916. The first kappa shape index (κ1) is 22.0. The normalized spacial score (nSPS) is 18.2. The highest BCUT2D eigenvalue weighted by atomic mass is 32.2. The van der Waals surface area contributed by atoms with Gasteiger partial charge in [0.2, 0.25) is 10.0 Å². The van der Waals surface area contributed by atoms with E-state index in [-0.39, 0.29) is 34.8 Å². The van der Waals surface area contributed by atoms with E-state index in [2.05, 4.69) is 24.4 Å². The van der Waals surface area contributed by atoms with E-state index < -0.39 is 14.9 Å². The van der Waals surface area contributed by atoms with E-state index in [1.54, 1.807) is 13.8 Å². The second kappa shape index (κ2) is 8.40. The van der Waals surface area contributed by atoms with Gasteiger partial charge in [-0.2, -0.15) is 9.41 Å². The van der Waals surface area contributed by atoms with Gasteiger partial charge >= 0.3 is 0 Å². The molecule has 0 fully saturated rings. The monoisotopic (exact) mass is 408 g/mol. The maximum Gasteiger partial charge on any atom is 0.270 e. The zero-order valence-electron chi connectivity index (χ0n) is 17.0. The average Bonchev–Trinajstić information content (AvgIpc) is 2.58. The first-order valence-corrected chi connectivity index (χ1v) is 10.7. The predicted molar refractivity (Wildman–Crippen MR) is 111 cm³/mol. The molecule has 0 aliphatic heterocycles. The average molecular weight is 409 g/mol. The Morgan fingerprint density at radius 2 is 1.89 bits per heavy atom. The molecular formula is C19H28N4O4S.